The minimum atomic E-state index is 0.848. The summed E-state index contributed by atoms with van der Waals surface area (Å²) in [6, 6.07) is 0. The number of hydrogen-bond donors (Lipinski definition) is 0. The van der Waals surface area contributed by atoms with Gasteiger partial charge in [-0.2, -0.15) is 15.1 Å². The van der Waals surface area contributed by atoms with Gasteiger partial charge in [0.2, 0.25) is 5.95 Å². The third-order valence-electron chi connectivity index (χ3n) is 5.47. The van der Waals surface area contributed by atoms with Gasteiger partial charge < -0.3 is 19.6 Å². The molecule has 2 aliphatic rings. The number of aryl methyl sites for hydroxylation is 1. The van der Waals surface area contributed by atoms with Crippen LogP contribution >= 0.6 is 0 Å². The van der Waals surface area contributed by atoms with E-state index in [1.807, 2.05) is 17.9 Å². The molecule has 2 aromatic heterocycles. The molecule has 0 unspecified atom stereocenters. The summed E-state index contributed by atoms with van der Waals surface area (Å²) in [6.07, 6.45) is 1.90. The van der Waals surface area contributed by atoms with Crippen LogP contribution in [0.2, 0.25) is 0 Å². The molecular weight excluding hydrogens is 316 g/mol. The monoisotopic (exact) mass is 344 g/mol. The third-order valence-corrected chi connectivity index (χ3v) is 5.47. The van der Waals surface area contributed by atoms with E-state index in [0.29, 0.717) is 0 Å². The van der Waals surface area contributed by atoms with Crippen molar-refractivity contribution in [3.05, 3.63) is 6.20 Å². The fraction of sp³-hybridized carbons (Fsp3) is 0.706. The maximum Gasteiger partial charge on any atom is 0.229 e. The van der Waals surface area contributed by atoms with Crippen LogP contribution in [0.3, 0.4) is 0 Å². The Kier molecular flexibility index (Phi) is 4.47. The van der Waals surface area contributed by atoms with Crippen molar-refractivity contribution in [3.8, 4) is 0 Å². The highest BCUT2D eigenvalue weighted by molar-refractivity contribution is 5.88. The largest absolute Gasteiger partial charge is 0.353 e. The molecule has 4 rings (SSSR count). The summed E-state index contributed by atoms with van der Waals surface area (Å²) < 4.78 is 1.86. The Morgan fingerprint density at radius 2 is 1.56 bits per heavy atom. The van der Waals surface area contributed by atoms with Gasteiger partial charge in [0.1, 0.15) is 5.82 Å². The molecule has 0 spiro atoms. The van der Waals surface area contributed by atoms with Gasteiger partial charge in [-0.3, -0.25) is 4.68 Å². The van der Waals surface area contributed by atoms with Gasteiger partial charge in [0, 0.05) is 59.4 Å². The van der Waals surface area contributed by atoms with Crippen LogP contribution in [0.4, 0.5) is 11.8 Å². The summed E-state index contributed by atoms with van der Waals surface area (Å²) >= 11 is 0. The Hall–Kier alpha value is -1.93. The van der Waals surface area contributed by atoms with Crippen LogP contribution in [0.5, 0.6) is 0 Å². The van der Waals surface area contributed by atoms with Crippen molar-refractivity contribution in [1.82, 2.24) is 29.5 Å². The molecule has 2 fully saturated rings. The molecule has 136 valence electrons. The Balaban J connectivity index is 1.67. The minimum absolute atomic E-state index is 0.848. The van der Waals surface area contributed by atoms with Crippen LogP contribution in [0, 0.1) is 0 Å². The second-order valence-electron chi connectivity index (χ2n) is 7.06. The highest BCUT2D eigenvalue weighted by atomic mass is 15.4. The second kappa shape index (κ2) is 6.76. The summed E-state index contributed by atoms with van der Waals surface area (Å²) in [5.74, 6) is 1.89. The van der Waals surface area contributed by atoms with Crippen molar-refractivity contribution in [2.45, 2.75) is 6.92 Å². The Morgan fingerprint density at radius 1 is 0.880 bits per heavy atom. The van der Waals surface area contributed by atoms with E-state index in [1.165, 1.54) is 0 Å². The molecule has 0 amide bonds. The molecule has 4 heterocycles. The number of fused-ring (bicyclic) bond motifs is 1. The van der Waals surface area contributed by atoms with E-state index >= 15 is 0 Å². The van der Waals surface area contributed by atoms with E-state index in [1.54, 1.807) is 0 Å². The van der Waals surface area contributed by atoms with Crippen LogP contribution in [-0.4, -0.2) is 95.5 Å². The SMILES string of the molecule is CCN1CCN(c2nc(N3CCN(C)CC3)c3cnn(C)c3n2)CC1. The average Bonchev–Trinajstić information content (AvgIpc) is 3.03. The lowest BCUT2D eigenvalue weighted by atomic mass is 10.3. The fourth-order valence-corrected chi connectivity index (χ4v) is 3.66. The lowest BCUT2D eigenvalue weighted by molar-refractivity contribution is 0.270. The third kappa shape index (κ3) is 3.16. The lowest BCUT2D eigenvalue weighted by Gasteiger charge is -2.36. The maximum absolute atomic E-state index is 4.99. The van der Waals surface area contributed by atoms with Crippen LogP contribution in [0.1, 0.15) is 6.92 Å². The standard InChI is InChI=1S/C17H28N8/c1-4-23-7-11-25(12-8-23)17-19-15-14(13-18-22(15)3)16(20-17)24-9-5-21(2)6-10-24/h13H,4-12H2,1-3H3. The van der Waals surface area contributed by atoms with Crippen LogP contribution < -0.4 is 9.80 Å². The van der Waals surface area contributed by atoms with E-state index in [-0.39, 0.29) is 0 Å². The highest BCUT2D eigenvalue weighted by Gasteiger charge is 2.24. The van der Waals surface area contributed by atoms with Crippen molar-refractivity contribution >= 4 is 22.8 Å². The molecule has 2 saturated heterocycles. The van der Waals surface area contributed by atoms with E-state index in [4.69, 9.17) is 9.97 Å². The summed E-state index contributed by atoms with van der Waals surface area (Å²) in [7, 11) is 4.14. The summed E-state index contributed by atoms with van der Waals surface area (Å²) in [4.78, 5) is 19.4. The number of nitrogens with zero attached hydrogens (tertiary/aromatic N) is 8. The highest BCUT2D eigenvalue weighted by Crippen LogP contribution is 2.27. The summed E-state index contributed by atoms with van der Waals surface area (Å²) in [6.45, 7) is 11.6. The van der Waals surface area contributed by atoms with Gasteiger partial charge in [0.25, 0.3) is 0 Å². The molecule has 0 N–H and O–H groups in total. The first-order valence-electron chi connectivity index (χ1n) is 9.26. The molecule has 0 aliphatic carbocycles. The molecule has 0 radical (unpaired) electrons. The Morgan fingerprint density at radius 3 is 2.24 bits per heavy atom. The number of anilines is 2. The van der Waals surface area contributed by atoms with Gasteiger partial charge in [-0.05, 0) is 13.6 Å². The van der Waals surface area contributed by atoms with E-state index < -0.39 is 0 Å². The van der Waals surface area contributed by atoms with Gasteiger partial charge in [0.15, 0.2) is 5.65 Å². The lowest BCUT2D eigenvalue weighted by Crippen LogP contribution is -2.47. The van der Waals surface area contributed by atoms with Crippen molar-refractivity contribution in [2.24, 2.45) is 7.05 Å². The van der Waals surface area contributed by atoms with Gasteiger partial charge in [0.05, 0.1) is 11.6 Å². The number of aromatic nitrogens is 4. The topological polar surface area (TPSA) is 56.6 Å². The molecular formula is C17H28N8. The first-order valence-corrected chi connectivity index (χ1v) is 9.26. The Bertz CT molecular complexity index is 726. The fourth-order valence-electron chi connectivity index (χ4n) is 3.66. The first-order chi connectivity index (χ1) is 12.2. The predicted octanol–water partition coefficient (Wildman–Crippen LogP) is 0.257. The molecule has 2 aromatic rings. The molecule has 25 heavy (non-hydrogen) atoms. The average molecular weight is 344 g/mol. The van der Waals surface area contributed by atoms with Gasteiger partial charge in [-0.15, -0.1) is 0 Å². The van der Waals surface area contributed by atoms with Crippen LogP contribution in [0.15, 0.2) is 6.20 Å². The zero-order valence-electron chi connectivity index (χ0n) is 15.5. The molecule has 0 aromatic carbocycles. The zero-order valence-corrected chi connectivity index (χ0v) is 15.5. The number of hydrogen-bond acceptors (Lipinski definition) is 7. The van der Waals surface area contributed by atoms with Crippen molar-refractivity contribution in [2.75, 3.05) is 75.8 Å². The summed E-state index contributed by atoms with van der Waals surface area (Å²) in [5.41, 5.74) is 0.928. The number of rotatable bonds is 3. The van der Waals surface area contributed by atoms with E-state index in [0.717, 1.165) is 81.7 Å². The maximum atomic E-state index is 4.99. The first kappa shape index (κ1) is 16.5. The predicted molar refractivity (Wildman–Crippen MR) is 100 cm³/mol. The van der Waals surface area contributed by atoms with Crippen LogP contribution in [-0.2, 0) is 7.05 Å². The molecule has 0 saturated carbocycles. The normalized spacial score (nSPS) is 20.6. The van der Waals surface area contributed by atoms with Crippen molar-refractivity contribution < 1.29 is 0 Å². The van der Waals surface area contributed by atoms with Gasteiger partial charge >= 0.3 is 0 Å². The minimum Gasteiger partial charge on any atom is -0.353 e. The van der Waals surface area contributed by atoms with Crippen molar-refractivity contribution in [3.63, 3.8) is 0 Å². The molecule has 0 atom stereocenters. The Labute approximate surface area is 149 Å². The molecule has 2 aliphatic heterocycles. The zero-order chi connectivity index (χ0) is 17.4. The number of likely N-dealkylation sites (N-methyl/N-ethyl adjacent to an activating group) is 2. The quantitative estimate of drug-likeness (QED) is 0.791. The number of piperazine rings is 2. The van der Waals surface area contributed by atoms with Crippen molar-refractivity contribution in [1.29, 1.82) is 0 Å². The summed E-state index contributed by atoms with van der Waals surface area (Å²) in [5, 5.41) is 5.49. The van der Waals surface area contributed by atoms with Gasteiger partial charge in [-0.1, -0.05) is 6.92 Å². The molecule has 8 heteroatoms. The molecule has 8 nitrogen and oxygen atoms in total. The smallest absolute Gasteiger partial charge is 0.229 e. The van der Waals surface area contributed by atoms with Gasteiger partial charge in [-0.25, -0.2) is 0 Å². The second-order valence-corrected chi connectivity index (χ2v) is 7.06. The van der Waals surface area contributed by atoms with E-state index in [2.05, 4.69) is 38.7 Å². The van der Waals surface area contributed by atoms with Crippen LogP contribution in [0.25, 0.3) is 11.0 Å². The molecule has 0 bridgehead atoms. The van der Waals surface area contributed by atoms with E-state index in [9.17, 15) is 0 Å².